The molecule has 0 radical (unpaired) electrons. The predicted molar refractivity (Wildman–Crippen MR) is 220 cm³/mol. The van der Waals surface area contributed by atoms with Crippen molar-refractivity contribution in [2.24, 2.45) is 28.8 Å². The van der Waals surface area contributed by atoms with Gasteiger partial charge in [-0.3, -0.25) is 19.4 Å². The Bertz CT molecular complexity index is 2070. The van der Waals surface area contributed by atoms with Crippen molar-refractivity contribution >= 4 is 40.3 Å². The number of ether oxygens (including phenoxy) is 4. The Labute approximate surface area is 344 Å². The van der Waals surface area contributed by atoms with Gasteiger partial charge in [0.25, 0.3) is 11.7 Å². The minimum absolute atomic E-state index is 0.0559. The largest absolute Gasteiger partial charge is 0.507 e. The molecule has 322 valence electrons. The number of nitrogens with one attached hydrogen (secondary N) is 1. The zero-order valence-corrected chi connectivity index (χ0v) is 35.3. The van der Waals surface area contributed by atoms with Crippen molar-refractivity contribution in [2.45, 2.75) is 85.6 Å². The van der Waals surface area contributed by atoms with Crippen molar-refractivity contribution in [1.82, 2.24) is 9.91 Å². The fraction of sp³-hybridized carbons (Fsp3) is 0.535. The Morgan fingerprint density at radius 2 is 1.61 bits per heavy atom. The van der Waals surface area contributed by atoms with E-state index >= 15 is 0 Å². The van der Waals surface area contributed by atoms with Gasteiger partial charge < -0.3 is 54.7 Å². The van der Waals surface area contributed by atoms with Crippen molar-refractivity contribution < 1.29 is 58.9 Å². The Hall–Kier alpha value is -5.16. The van der Waals surface area contributed by atoms with Gasteiger partial charge in [0.2, 0.25) is 0 Å². The van der Waals surface area contributed by atoms with Crippen LogP contribution in [-0.2, 0) is 23.8 Å². The van der Waals surface area contributed by atoms with Crippen molar-refractivity contribution in [1.29, 1.82) is 0 Å². The molecule has 0 aliphatic carbocycles. The SMILES string of the molecule is CO[C@H]1/C=C\O[C@@]2(C)Oc3c(C)c(O)c4c(O)c(c(/C=N\N5CCN(C)CC5)c(O)c4c3C2=O)NC(=O)/C(C)=C\C=C/C(C)[C@H](O)[C@@H](C)[C@@H](O)[C@@H](C)[C@@H](OC(C)=O)[C@@H]1C. The summed E-state index contributed by atoms with van der Waals surface area (Å²) in [5.74, 6) is -8.34. The third kappa shape index (κ3) is 8.91. The first-order chi connectivity index (χ1) is 27.7. The van der Waals surface area contributed by atoms with Crippen LogP contribution in [0.25, 0.3) is 10.8 Å². The van der Waals surface area contributed by atoms with Crippen LogP contribution in [0, 0.1) is 30.6 Å². The minimum atomic E-state index is -2.04. The highest BCUT2D eigenvalue weighted by Gasteiger charge is 2.50. The highest BCUT2D eigenvalue weighted by Crippen LogP contribution is 2.55. The molecule has 16 heteroatoms. The number of hydrazone groups is 1. The van der Waals surface area contributed by atoms with E-state index < -0.39 is 88.8 Å². The van der Waals surface area contributed by atoms with E-state index in [-0.39, 0.29) is 44.5 Å². The van der Waals surface area contributed by atoms with Gasteiger partial charge in [0.1, 0.15) is 23.4 Å². The number of anilines is 1. The molecule has 1 fully saturated rings. The normalized spacial score (nSPS) is 32.1. The van der Waals surface area contributed by atoms with Crippen molar-refractivity contribution in [3.63, 3.8) is 0 Å². The number of ketones is 1. The van der Waals surface area contributed by atoms with E-state index in [1.54, 1.807) is 44.9 Å². The number of Topliss-reactive ketones (excluding diaryl/α,β-unsaturated/α-hetero) is 1. The van der Waals surface area contributed by atoms with Gasteiger partial charge in [0.05, 0.1) is 53.0 Å². The number of allylic oxidation sites excluding steroid dienone is 2. The van der Waals surface area contributed by atoms with E-state index in [4.69, 9.17) is 18.9 Å². The summed E-state index contributed by atoms with van der Waals surface area (Å²) in [6.07, 6.45) is 4.86. The number of hydrogen-bond acceptors (Lipinski definition) is 15. The monoisotopic (exact) mass is 822 g/mol. The summed E-state index contributed by atoms with van der Waals surface area (Å²) in [7, 11) is 3.42. The van der Waals surface area contributed by atoms with Gasteiger partial charge >= 0.3 is 11.8 Å². The van der Waals surface area contributed by atoms with Crippen LogP contribution in [0.3, 0.4) is 0 Å². The van der Waals surface area contributed by atoms with Crippen LogP contribution in [0.5, 0.6) is 23.0 Å². The minimum Gasteiger partial charge on any atom is -0.507 e. The number of fused-ring (bicyclic) bond motifs is 14. The molecule has 4 aliphatic rings. The molecule has 1 unspecified atom stereocenters. The molecule has 4 aliphatic heterocycles. The second-order valence-electron chi connectivity index (χ2n) is 16.1. The van der Waals surface area contributed by atoms with E-state index in [9.17, 15) is 39.9 Å². The molecule has 1 saturated heterocycles. The number of benzene rings is 2. The maximum atomic E-state index is 14.4. The van der Waals surface area contributed by atoms with Crippen molar-refractivity contribution in [2.75, 3.05) is 45.7 Å². The topological polar surface area (TPSA) is 220 Å². The van der Waals surface area contributed by atoms with Crippen LogP contribution in [-0.4, -0.2) is 130 Å². The maximum Gasteiger partial charge on any atom is 0.312 e. The number of phenols is 3. The van der Waals surface area contributed by atoms with Crippen LogP contribution in [0.15, 0.2) is 41.2 Å². The number of hydrogen-bond donors (Lipinski definition) is 6. The number of amides is 1. The van der Waals surface area contributed by atoms with Crippen LogP contribution >= 0.6 is 0 Å². The molecule has 59 heavy (non-hydrogen) atoms. The number of nitrogens with zero attached hydrogens (tertiary/aromatic N) is 3. The number of aliphatic hydroxyl groups is 2. The van der Waals surface area contributed by atoms with E-state index in [1.807, 2.05) is 7.05 Å². The van der Waals surface area contributed by atoms with E-state index in [1.165, 1.54) is 59.4 Å². The first kappa shape index (κ1) is 44.9. The number of aromatic hydroxyl groups is 3. The fourth-order valence-corrected chi connectivity index (χ4v) is 7.92. The van der Waals surface area contributed by atoms with Gasteiger partial charge in [-0.25, -0.2) is 0 Å². The van der Waals surface area contributed by atoms with Gasteiger partial charge in [0, 0.05) is 87.3 Å². The summed E-state index contributed by atoms with van der Waals surface area (Å²) in [4.78, 5) is 42.6. The summed E-state index contributed by atoms with van der Waals surface area (Å²) in [5.41, 5.74) is -0.350. The second-order valence-corrected chi connectivity index (χ2v) is 16.1. The molecule has 4 heterocycles. The Kier molecular flexibility index (Phi) is 13.7. The van der Waals surface area contributed by atoms with Gasteiger partial charge in [0.15, 0.2) is 5.75 Å². The van der Waals surface area contributed by atoms with Crippen molar-refractivity contribution in [3.05, 3.63) is 52.8 Å². The smallest absolute Gasteiger partial charge is 0.312 e. The van der Waals surface area contributed by atoms with Gasteiger partial charge in [-0.05, 0) is 27.0 Å². The number of carbonyl (C=O) groups excluding carboxylic acids is 3. The van der Waals surface area contributed by atoms with Crippen molar-refractivity contribution in [3.8, 4) is 23.0 Å². The molecular weight excluding hydrogens is 764 g/mol. The molecule has 0 aromatic heterocycles. The lowest BCUT2D eigenvalue weighted by atomic mass is 9.78. The number of carbonyl (C=O) groups is 3. The third-order valence-electron chi connectivity index (χ3n) is 11.9. The van der Waals surface area contributed by atoms with E-state index in [0.29, 0.717) is 13.1 Å². The first-order valence-corrected chi connectivity index (χ1v) is 19.8. The Balaban J connectivity index is 1.70. The molecule has 6 N–H and O–H groups in total. The number of esters is 1. The first-order valence-electron chi connectivity index (χ1n) is 19.8. The van der Waals surface area contributed by atoms with Gasteiger partial charge in [-0.15, -0.1) is 0 Å². The summed E-state index contributed by atoms with van der Waals surface area (Å²) in [6.45, 7) is 15.1. The fourth-order valence-electron chi connectivity index (χ4n) is 7.92. The average molecular weight is 823 g/mol. The van der Waals surface area contributed by atoms with Crippen LogP contribution in [0.1, 0.15) is 70.0 Å². The lowest BCUT2D eigenvalue weighted by Crippen LogP contribution is -2.46. The average Bonchev–Trinajstić information content (AvgIpc) is 3.46. The molecule has 1 amide bonds. The summed E-state index contributed by atoms with van der Waals surface area (Å²) < 4.78 is 23.6. The molecular formula is C43H58N4O12. The molecule has 2 aromatic rings. The Morgan fingerprint density at radius 3 is 2.24 bits per heavy atom. The molecule has 0 spiro atoms. The zero-order chi connectivity index (χ0) is 43.7. The summed E-state index contributed by atoms with van der Waals surface area (Å²) in [6, 6.07) is 0. The molecule has 2 aromatic carbocycles. The molecule has 9 atom stereocenters. The number of phenolic OH excluding ortho intramolecular Hbond substituents is 3. The Morgan fingerprint density at radius 1 is 0.949 bits per heavy atom. The summed E-state index contributed by atoms with van der Waals surface area (Å²) in [5, 5.41) is 66.8. The number of rotatable bonds is 4. The number of methoxy groups -OCH3 is 1. The quantitative estimate of drug-likeness (QED) is 0.109. The maximum absolute atomic E-state index is 14.4. The molecule has 5 bridgehead atoms. The standard InChI is InChI=1S/C43H58N4O12/c1-21-12-11-13-22(2)42(55)45-33-28(20-44-47-17-15-46(9)16-18-47)37(52)30-31(38(33)53)36(51)26(6)40-32(30)41(54)43(8,59-40)57-19-14-29(56-10)23(3)39(58-27(7)48)25(5)35(50)24(4)34(21)49/h11-14,19-21,23-25,29,34-35,39,49-53H,15-18H2,1-10H3,(H,45,55)/b12-11-,19-14-,22-13-,44-20-/t21?,23-,24-,25-,29+,34+,35-,39+,43+/m1/s1. The predicted octanol–water partition coefficient (Wildman–Crippen LogP) is 4.34. The van der Waals surface area contributed by atoms with Gasteiger partial charge in [-0.1, -0.05) is 45.9 Å². The molecule has 16 nitrogen and oxygen atoms in total. The molecule has 0 saturated carbocycles. The lowest BCUT2D eigenvalue weighted by molar-refractivity contribution is -0.160. The van der Waals surface area contributed by atoms with Crippen LogP contribution < -0.4 is 10.1 Å². The van der Waals surface area contributed by atoms with Crippen LogP contribution in [0.4, 0.5) is 5.69 Å². The van der Waals surface area contributed by atoms with Crippen LogP contribution in [0.2, 0.25) is 0 Å². The van der Waals surface area contributed by atoms with E-state index in [0.717, 1.165) is 13.1 Å². The zero-order valence-electron chi connectivity index (χ0n) is 35.3. The van der Waals surface area contributed by atoms with Gasteiger partial charge in [-0.2, -0.15) is 5.10 Å². The lowest BCUT2D eigenvalue weighted by Gasteiger charge is -2.38. The van der Waals surface area contributed by atoms with E-state index in [2.05, 4.69) is 15.3 Å². The third-order valence-corrected chi connectivity index (χ3v) is 11.9. The second kappa shape index (κ2) is 18.0. The molecule has 6 rings (SSSR count). The highest BCUT2D eigenvalue weighted by atomic mass is 16.7. The number of piperazine rings is 1. The highest BCUT2D eigenvalue weighted by molar-refractivity contribution is 6.23. The number of likely N-dealkylation sites (N-methyl/N-ethyl adjacent to an activating group) is 1. The summed E-state index contributed by atoms with van der Waals surface area (Å²) >= 11 is 0. The number of aliphatic hydroxyl groups excluding tert-OH is 2.